The molecule has 1 aromatic carbocycles. The van der Waals surface area contributed by atoms with Crippen molar-refractivity contribution in [1.29, 1.82) is 0 Å². The van der Waals surface area contributed by atoms with Gasteiger partial charge >= 0.3 is 0 Å². The first-order valence-electron chi connectivity index (χ1n) is 4.68. The highest BCUT2D eigenvalue weighted by Crippen LogP contribution is 2.27. The molecule has 0 N–H and O–H groups in total. The number of hydrogen-bond acceptors (Lipinski definition) is 2. The molecule has 0 radical (unpaired) electrons. The first kappa shape index (κ1) is 10.9. The lowest BCUT2D eigenvalue weighted by atomic mass is 9.92. The summed E-state index contributed by atoms with van der Waals surface area (Å²) in [6.07, 6.45) is 1.27. The second-order valence-corrected chi connectivity index (χ2v) is 3.67. The summed E-state index contributed by atoms with van der Waals surface area (Å²) in [4.78, 5) is 10.5. The van der Waals surface area contributed by atoms with Crippen LogP contribution in [-0.2, 0) is 15.1 Å². The summed E-state index contributed by atoms with van der Waals surface area (Å²) in [5.41, 5.74) is 1.76. The Bertz CT molecular complexity index is 303. The molecule has 76 valence electrons. The number of methoxy groups -OCH3 is 1. The molecule has 0 saturated carbocycles. The third-order valence-corrected chi connectivity index (χ3v) is 2.59. The summed E-state index contributed by atoms with van der Waals surface area (Å²) in [6, 6.07) is 8.06. The zero-order chi connectivity index (χ0) is 10.6. The largest absolute Gasteiger partial charge is 0.373 e. The number of aldehydes is 1. The van der Waals surface area contributed by atoms with Crippen LogP contribution in [0.15, 0.2) is 24.3 Å². The van der Waals surface area contributed by atoms with E-state index in [2.05, 4.69) is 0 Å². The maximum atomic E-state index is 10.5. The van der Waals surface area contributed by atoms with Crippen LogP contribution in [-0.4, -0.2) is 13.4 Å². The van der Waals surface area contributed by atoms with Crippen LogP contribution in [0.5, 0.6) is 0 Å². The maximum Gasteiger partial charge on any atom is 0.123 e. The number of benzene rings is 1. The fraction of sp³-hybridized carbons (Fsp3) is 0.417. The van der Waals surface area contributed by atoms with E-state index >= 15 is 0 Å². The number of rotatable bonds is 4. The fourth-order valence-corrected chi connectivity index (χ4v) is 1.38. The number of hydrogen-bond donors (Lipinski definition) is 0. The predicted octanol–water partition coefficient (Wildman–Crippen LogP) is 2.45. The first-order valence-corrected chi connectivity index (χ1v) is 4.68. The van der Waals surface area contributed by atoms with Crippen LogP contribution in [0, 0.1) is 6.92 Å². The zero-order valence-corrected chi connectivity index (χ0v) is 8.91. The Hall–Kier alpha value is -1.15. The molecule has 0 heterocycles. The van der Waals surface area contributed by atoms with E-state index in [4.69, 9.17) is 4.74 Å². The molecule has 1 atom stereocenters. The van der Waals surface area contributed by atoms with Crippen LogP contribution in [0.3, 0.4) is 0 Å². The highest BCUT2D eigenvalue weighted by Gasteiger charge is 2.25. The van der Waals surface area contributed by atoms with Gasteiger partial charge in [-0.3, -0.25) is 0 Å². The third-order valence-electron chi connectivity index (χ3n) is 2.59. The molecule has 0 aliphatic rings. The molecule has 0 spiro atoms. The van der Waals surface area contributed by atoms with Crippen molar-refractivity contribution < 1.29 is 9.53 Å². The molecule has 0 aromatic heterocycles. The standard InChI is InChI=1S/C12H16O2/c1-10-4-6-11(7-5-10)12(2,14-3)8-9-13/h4-7,9H,8H2,1-3H3. The molecule has 2 nitrogen and oxygen atoms in total. The Balaban J connectivity index is 2.99. The summed E-state index contributed by atoms with van der Waals surface area (Å²) in [5.74, 6) is 0. The monoisotopic (exact) mass is 192 g/mol. The lowest BCUT2D eigenvalue weighted by molar-refractivity contribution is -0.113. The average molecular weight is 192 g/mol. The smallest absolute Gasteiger partial charge is 0.123 e. The van der Waals surface area contributed by atoms with Gasteiger partial charge in [0.05, 0.1) is 5.60 Å². The molecule has 0 aliphatic heterocycles. The minimum absolute atomic E-state index is 0.382. The van der Waals surface area contributed by atoms with Crippen molar-refractivity contribution in [3.05, 3.63) is 35.4 Å². The van der Waals surface area contributed by atoms with Crippen LogP contribution in [0.4, 0.5) is 0 Å². The number of aryl methyl sites for hydroxylation is 1. The van der Waals surface area contributed by atoms with Crippen molar-refractivity contribution in [3.63, 3.8) is 0 Å². The Morgan fingerprint density at radius 1 is 1.36 bits per heavy atom. The minimum atomic E-state index is -0.491. The Morgan fingerprint density at radius 2 is 1.93 bits per heavy atom. The molecular formula is C12H16O2. The minimum Gasteiger partial charge on any atom is -0.373 e. The van der Waals surface area contributed by atoms with Gasteiger partial charge in [-0.25, -0.2) is 0 Å². The summed E-state index contributed by atoms with van der Waals surface area (Å²) in [7, 11) is 1.63. The van der Waals surface area contributed by atoms with E-state index in [-0.39, 0.29) is 0 Å². The van der Waals surface area contributed by atoms with Gasteiger partial charge in [-0.2, -0.15) is 0 Å². The van der Waals surface area contributed by atoms with Crippen LogP contribution >= 0.6 is 0 Å². The molecule has 0 amide bonds. The first-order chi connectivity index (χ1) is 6.62. The van der Waals surface area contributed by atoms with E-state index in [1.807, 2.05) is 38.1 Å². The summed E-state index contributed by atoms with van der Waals surface area (Å²) in [6.45, 7) is 3.96. The Morgan fingerprint density at radius 3 is 2.36 bits per heavy atom. The quantitative estimate of drug-likeness (QED) is 0.685. The highest BCUT2D eigenvalue weighted by molar-refractivity contribution is 5.52. The normalized spacial score (nSPS) is 14.8. The lowest BCUT2D eigenvalue weighted by Crippen LogP contribution is -2.24. The zero-order valence-electron chi connectivity index (χ0n) is 8.91. The highest BCUT2D eigenvalue weighted by atomic mass is 16.5. The molecule has 1 unspecified atom stereocenters. The van der Waals surface area contributed by atoms with Crippen LogP contribution in [0.25, 0.3) is 0 Å². The van der Waals surface area contributed by atoms with Crippen molar-refractivity contribution in [2.45, 2.75) is 25.9 Å². The predicted molar refractivity (Wildman–Crippen MR) is 56.2 cm³/mol. The maximum absolute atomic E-state index is 10.5. The topological polar surface area (TPSA) is 26.3 Å². The molecule has 1 rings (SSSR count). The molecule has 0 fully saturated rings. The van der Waals surface area contributed by atoms with Crippen molar-refractivity contribution in [2.75, 3.05) is 7.11 Å². The fourth-order valence-electron chi connectivity index (χ4n) is 1.38. The van der Waals surface area contributed by atoms with E-state index < -0.39 is 5.60 Å². The van der Waals surface area contributed by atoms with E-state index in [9.17, 15) is 4.79 Å². The molecule has 14 heavy (non-hydrogen) atoms. The number of carbonyl (C=O) groups is 1. The molecule has 0 bridgehead atoms. The average Bonchev–Trinajstić information content (AvgIpc) is 2.19. The molecule has 2 heteroatoms. The van der Waals surface area contributed by atoms with Gasteiger partial charge in [-0.1, -0.05) is 29.8 Å². The van der Waals surface area contributed by atoms with Gasteiger partial charge in [0.2, 0.25) is 0 Å². The van der Waals surface area contributed by atoms with Gasteiger partial charge in [0.1, 0.15) is 6.29 Å². The van der Waals surface area contributed by atoms with Crippen molar-refractivity contribution in [1.82, 2.24) is 0 Å². The van der Waals surface area contributed by atoms with E-state index in [1.54, 1.807) is 7.11 Å². The molecule has 0 saturated heterocycles. The van der Waals surface area contributed by atoms with E-state index in [1.165, 1.54) is 5.56 Å². The van der Waals surface area contributed by atoms with E-state index in [0.29, 0.717) is 6.42 Å². The van der Waals surface area contributed by atoms with E-state index in [0.717, 1.165) is 11.8 Å². The summed E-state index contributed by atoms with van der Waals surface area (Å²) in [5, 5.41) is 0. The van der Waals surface area contributed by atoms with Gasteiger partial charge in [0.25, 0.3) is 0 Å². The SMILES string of the molecule is COC(C)(CC=O)c1ccc(C)cc1. The van der Waals surface area contributed by atoms with Crippen molar-refractivity contribution in [2.24, 2.45) is 0 Å². The Kier molecular flexibility index (Phi) is 3.42. The lowest BCUT2D eigenvalue weighted by Gasteiger charge is -2.26. The van der Waals surface area contributed by atoms with Crippen LogP contribution in [0.1, 0.15) is 24.5 Å². The van der Waals surface area contributed by atoms with Gasteiger partial charge in [0, 0.05) is 13.5 Å². The van der Waals surface area contributed by atoms with Gasteiger partial charge in [-0.05, 0) is 19.4 Å². The second-order valence-electron chi connectivity index (χ2n) is 3.67. The van der Waals surface area contributed by atoms with Crippen LogP contribution in [0.2, 0.25) is 0 Å². The number of carbonyl (C=O) groups excluding carboxylic acids is 1. The van der Waals surface area contributed by atoms with Crippen LogP contribution < -0.4 is 0 Å². The molecule has 0 aliphatic carbocycles. The van der Waals surface area contributed by atoms with Crippen molar-refractivity contribution >= 4 is 6.29 Å². The van der Waals surface area contributed by atoms with Gasteiger partial charge in [0.15, 0.2) is 0 Å². The van der Waals surface area contributed by atoms with Crippen molar-refractivity contribution in [3.8, 4) is 0 Å². The molecule has 1 aromatic rings. The second kappa shape index (κ2) is 4.38. The Labute approximate surface area is 84.9 Å². The molecular weight excluding hydrogens is 176 g/mol. The summed E-state index contributed by atoms with van der Waals surface area (Å²) < 4.78 is 5.37. The van der Waals surface area contributed by atoms with Gasteiger partial charge in [-0.15, -0.1) is 0 Å². The van der Waals surface area contributed by atoms with Gasteiger partial charge < -0.3 is 9.53 Å². The summed E-state index contributed by atoms with van der Waals surface area (Å²) >= 11 is 0. The third kappa shape index (κ3) is 2.20. The number of ether oxygens (including phenoxy) is 1.